The third-order valence-electron chi connectivity index (χ3n) is 3.48. The molecule has 0 saturated carbocycles. The number of benzene rings is 1. The number of aromatic nitrogens is 2. The van der Waals surface area contributed by atoms with Gasteiger partial charge < -0.3 is 19.3 Å². The molecule has 1 aromatic heterocycles. The summed E-state index contributed by atoms with van der Waals surface area (Å²) < 4.78 is 28.5. The van der Waals surface area contributed by atoms with Gasteiger partial charge in [0, 0.05) is 13.0 Å². The Hall–Kier alpha value is -2.48. The van der Waals surface area contributed by atoms with Crippen molar-refractivity contribution in [3.8, 4) is 5.75 Å². The molecule has 23 heavy (non-hydrogen) atoms. The Morgan fingerprint density at radius 2 is 2.39 bits per heavy atom. The SMILES string of the molecule is COC(=O)c1cccc(OCc2noc([C@H]3C[C@H](F)CN3)n2)c1. The van der Waals surface area contributed by atoms with Gasteiger partial charge in [0.15, 0.2) is 6.61 Å². The number of hydrogen-bond acceptors (Lipinski definition) is 7. The number of alkyl halides is 1. The van der Waals surface area contributed by atoms with Crippen LogP contribution in [0.4, 0.5) is 4.39 Å². The van der Waals surface area contributed by atoms with Gasteiger partial charge in [0.05, 0.1) is 18.7 Å². The molecule has 7 nitrogen and oxygen atoms in total. The topological polar surface area (TPSA) is 86.5 Å². The quantitative estimate of drug-likeness (QED) is 0.840. The molecule has 8 heteroatoms. The fraction of sp³-hybridized carbons (Fsp3) is 0.400. The van der Waals surface area contributed by atoms with Crippen LogP contribution in [0.3, 0.4) is 0 Å². The highest BCUT2D eigenvalue weighted by atomic mass is 19.1. The molecule has 3 rings (SSSR count). The average molecular weight is 321 g/mol. The highest BCUT2D eigenvalue weighted by Gasteiger charge is 2.29. The summed E-state index contributed by atoms with van der Waals surface area (Å²) in [5, 5.41) is 6.78. The van der Waals surface area contributed by atoms with Crippen molar-refractivity contribution >= 4 is 5.97 Å². The highest BCUT2D eigenvalue weighted by molar-refractivity contribution is 5.89. The van der Waals surface area contributed by atoms with Crippen molar-refractivity contribution in [2.45, 2.75) is 25.2 Å². The zero-order chi connectivity index (χ0) is 16.2. The third kappa shape index (κ3) is 3.65. The van der Waals surface area contributed by atoms with Crippen molar-refractivity contribution < 1.29 is 23.2 Å². The van der Waals surface area contributed by atoms with Gasteiger partial charge in [-0.25, -0.2) is 9.18 Å². The van der Waals surface area contributed by atoms with Crippen LogP contribution in [-0.4, -0.2) is 35.9 Å². The maximum Gasteiger partial charge on any atom is 0.337 e. The summed E-state index contributed by atoms with van der Waals surface area (Å²) >= 11 is 0. The largest absolute Gasteiger partial charge is 0.485 e. The van der Waals surface area contributed by atoms with Crippen molar-refractivity contribution in [2.75, 3.05) is 13.7 Å². The molecule has 1 saturated heterocycles. The van der Waals surface area contributed by atoms with E-state index in [1.807, 2.05) is 0 Å². The number of halogens is 1. The van der Waals surface area contributed by atoms with Gasteiger partial charge in [0.25, 0.3) is 0 Å². The number of carbonyl (C=O) groups excluding carboxylic acids is 1. The van der Waals surface area contributed by atoms with E-state index in [-0.39, 0.29) is 12.6 Å². The summed E-state index contributed by atoms with van der Waals surface area (Å²) in [5.74, 6) is 0.757. The van der Waals surface area contributed by atoms with Crippen molar-refractivity contribution in [2.24, 2.45) is 0 Å². The molecule has 2 heterocycles. The maximum absolute atomic E-state index is 13.2. The van der Waals surface area contributed by atoms with Crippen LogP contribution in [0.5, 0.6) is 5.75 Å². The Labute approximate surface area is 131 Å². The van der Waals surface area contributed by atoms with E-state index >= 15 is 0 Å². The first-order valence-corrected chi connectivity index (χ1v) is 7.17. The van der Waals surface area contributed by atoms with E-state index < -0.39 is 12.1 Å². The maximum atomic E-state index is 13.2. The summed E-state index contributed by atoms with van der Waals surface area (Å²) in [6.45, 7) is 0.374. The van der Waals surface area contributed by atoms with Gasteiger partial charge in [0.2, 0.25) is 11.7 Å². The van der Waals surface area contributed by atoms with Crippen molar-refractivity contribution in [1.82, 2.24) is 15.5 Å². The van der Waals surface area contributed by atoms with Gasteiger partial charge >= 0.3 is 5.97 Å². The molecule has 1 aromatic carbocycles. The minimum Gasteiger partial charge on any atom is -0.485 e. The molecule has 1 fully saturated rings. The van der Waals surface area contributed by atoms with Crippen molar-refractivity contribution in [1.29, 1.82) is 0 Å². The third-order valence-corrected chi connectivity index (χ3v) is 3.48. The van der Waals surface area contributed by atoms with E-state index in [1.165, 1.54) is 7.11 Å². The van der Waals surface area contributed by atoms with Gasteiger partial charge in [-0.05, 0) is 18.2 Å². The summed E-state index contributed by atoms with van der Waals surface area (Å²) in [5.41, 5.74) is 0.392. The molecular formula is C15H16FN3O4. The standard InChI is InChI=1S/C15H16FN3O4/c1-21-15(20)9-3-2-4-11(5-9)22-8-13-18-14(23-19-13)12-6-10(16)7-17-12/h2-5,10,12,17H,6-8H2,1H3/t10-,12+/m0/s1. The molecule has 0 spiro atoms. The lowest BCUT2D eigenvalue weighted by molar-refractivity contribution is 0.0600. The minimum absolute atomic E-state index is 0.0832. The molecule has 0 unspecified atom stereocenters. The monoisotopic (exact) mass is 321 g/mol. The molecule has 1 aliphatic heterocycles. The predicted molar refractivity (Wildman–Crippen MR) is 76.7 cm³/mol. The van der Waals surface area contributed by atoms with Crippen LogP contribution in [-0.2, 0) is 11.3 Å². The van der Waals surface area contributed by atoms with Gasteiger partial charge in [-0.2, -0.15) is 4.98 Å². The smallest absolute Gasteiger partial charge is 0.337 e. The molecule has 0 aliphatic carbocycles. The number of esters is 1. The van der Waals surface area contributed by atoms with E-state index in [4.69, 9.17) is 9.26 Å². The zero-order valence-electron chi connectivity index (χ0n) is 12.5. The lowest BCUT2D eigenvalue weighted by Gasteiger charge is -2.05. The van der Waals surface area contributed by atoms with Crippen LogP contribution in [0.25, 0.3) is 0 Å². The molecule has 1 N–H and O–H groups in total. The molecule has 0 amide bonds. The summed E-state index contributed by atoms with van der Waals surface area (Å²) in [7, 11) is 1.32. The van der Waals surface area contributed by atoms with Gasteiger partial charge in [-0.3, -0.25) is 0 Å². The van der Waals surface area contributed by atoms with Gasteiger partial charge in [-0.15, -0.1) is 0 Å². The normalized spacial score (nSPS) is 20.4. The Balaban J connectivity index is 1.60. The van der Waals surface area contributed by atoms with Gasteiger partial charge in [0.1, 0.15) is 11.9 Å². The molecule has 1 aliphatic rings. The van der Waals surface area contributed by atoms with Crippen LogP contribution in [0, 0.1) is 0 Å². The molecule has 2 aromatic rings. The lowest BCUT2D eigenvalue weighted by atomic mass is 10.2. The van der Waals surface area contributed by atoms with Crippen LogP contribution >= 0.6 is 0 Å². The molecular weight excluding hydrogens is 305 g/mol. The Morgan fingerprint density at radius 1 is 1.52 bits per heavy atom. The minimum atomic E-state index is -0.896. The molecule has 0 radical (unpaired) electrons. The molecule has 2 atom stereocenters. The van der Waals surface area contributed by atoms with Crippen LogP contribution in [0.15, 0.2) is 28.8 Å². The molecule has 0 bridgehead atoms. The number of nitrogens with zero attached hydrogens (tertiary/aromatic N) is 2. The summed E-state index contributed by atoms with van der Waals surface area (Å²) in [6.07, 6.45) is -0.573. The van der Waals surface area contributed by atoms with Gasteiger partial charge in [-0.1, -0.05) is 11.2 Å². The summed E-state index contributed by atoms with van der Waals surface area (Å²) in [6, 6.07) is 6.34. The van der Waals surface area contributed by atoms with Crippen molar-refractivity contribution in [3.63, 3.8) is 0 Å². The Morgan fingerprint density at radius 3 is 3.13 bits per heavy atom. The first kappa shape index (κ1) is 15.4. The first-order valence-electron chi connectivity index (χ1n) is 7.17. The fourth-order valence-electron chi connectivity index (χ4n) is 2.33. The predicted octanol–water partition coefficient (Wildman–Crippen LogP) is 1.81. The number of nitrogens with one attached hydrogen (secondary N) is 1. The highest BCUT2D eigenvalue weighted by Crippen LogP contribution is 2.23. The second kappa shape index (κ2) is 6.74. The number of methoxy groups -OCH3 is 1. The van der Waals surface area contributed by atoms with Crippen molar-refractivity contribution in [3.05, 3.63) is 41.5 Å². The van der Waals surface area contributed by atoms with E-state index in [1.54, 1.807) is 24.3 Å². The average Bonchev–Trinajstić information content (AvgIpc) is 3.21. The number of carbonyl (C=O) groups is 1. The van der Waals surface area contributed by atoms with Crippen LogP contribution in [0.2, 0.25) is 0 Å². The van der Waals surface area contributed by atoms with E-state index in [9.17, 15) is 9.18 Å². The van der Waals surface area contributed by atoms with Crippen LogP contribution in [0.1, 0.15) is 34.5 Å². The first-order chi connectivity index (χ1) is 11.2. The zero-order valence-corrected chi connectivity index (χ0v) is 12.5. The number of rotatable bonds is 5. The second-order valence-electron chi connectivity index (χ2n) is 5.15. The fourth-order valence-corrected chi connectivity index (χ4v) is 2.33. The number of hydrogen-bond donors (Lipinski definition) is 1. The van der Waals surface area contributed by atoms with E-state index in [0.717, 1.165) is 0 Å². The second-order valence-corrected chi connectivity index (χ2v) is 5.15. The number of ether oxygens (including phenoxy) is 2. The Bertz CT molecular complexity index is 691. The van der Waals surface area contributed by atoms with E-state index in [0.29, 0.717) is 36.0 Å². The lowest BCUT2D eigenvalue weighted by Crippen LogP contribution is -2.14. The van der Waals surface area contributed by atoms with E-state index in [2.05, 4.69) is 20.2 Å². The molecule has 122 valence electrons. The summed E-state index contributed by atoms with van der Waals surface area (Å²) in [4.78, 5) is 15.7. The Kier molecular flexibility index (Phi) is 4.52. The van der Waals surface area contributed by atoms with Crippen LogP contribution < -0.4 is 10.1 Å².